The van der Waals surface area contributed by atoms with E-state index < -0.39 is 71.9 Å². The number of fused-ring (bicyclic) bond motifs is 18. The minimum absolute atomic E-state index is 0.000374. The summed E-state index contributed by atoms with van der Waals surface area (Å²) in [6.45, 7) is 0. The molecule has 16 aromatic rings. The summed E-state index contributed by atoms with van der Waals surface area (Å²) in [6, 6.07) is 65.8. The van der Waals surface area contributed by atoms with Crippen LogP contribution in [-0.4, -0.2) is 4.40 Å². The molecule has 2 aliphatic carbocycles. The predicted octanol–water partition coefficient (Wildman–Crippen LogP) is 21.2. The van der Waals surface area contributed by atoms with E-state index in [0.717, 1.165) is 54.4 Å². The molecule has 0 fully saturated rings. The summed E-state index contributed by atoms with van der Waals surface area (Å²) in [4.78, 5) is 1.80. The van der Waals surface area contributed by atoms with Crippen molar-refractivity contribution < 1.29 is 16.4 Å². The summed E-state index contributed by atoms with van der Waals surface area (Å²) in [5.74, 6) is 0. The normalized spacial score (nSPS) is 15.2. The van der Waals surface area contributed by atoms with Crippen LogP contribution in [0.5, 0.6) is 0 Å². The van der Waals surface area contributed by atoms with Crippen molar-refractivity contribution in [3.05, 3.63) is 301 Å². The monoisotopic (exact) mass is 1040 g/mol. The Morgan fingerprint density at radius 2 is 0.950 bits per heavy atom. The van der Waals surface area contributed by atoms with Crippen LogP contribution in [0.15, 0.2) is 279 Å². The molecule has 0 saturated heterocycles. The molecule has 0 aliphatic heterocycles. The number of aromatic nitrogens is 1. The van der Waals surface area contributed by atoms with E-state index in [1.165, 1.54) is 48.0 Å². The van der Waals surface area contributed by atoms with Crippen LogP contribution in [0.25, 0.3) is 125 Å². The van der Waals surface area contributed by atoms with Gasteiger partial charge in [0.1, 0.15) is 0 Å². The molecule has 80 heavy (non-hydrogen) atoms. The van der Waals surface area contributed by atoms with Crippen LogP contribution in [0.1, 0.15) is 38.7 Å². The Morgan fingerprint density at radius 1 is 0.350 bits per heavy atom. The van der Waals surface area contributed by atoms with Crippen molar-refractivity contribution in [3.63, 3.8) is 0 Å². The molecule has 0 saturated carbocycles. The summed E-state index contributed by atoms with van der Waals surface area (Å²) in [5, 5.41) is 1.67. The minimum Gasteiger partial charge on any atom is -0.310 e. The lowest BCUT2D eigenvalue weighted by Gasteiger charge is -2.30. The van der Waals surface area contributed by atoms with Gasteiger partial charge in [-0.3, -0.25) is 0 Å². The van der Waals surface area contributed by atoms with Crippen LogP contribution in [0.4, 0.5) is 17.1 Å². The topological polar surface area (TPSA) is 7.65 Å². The number of benzene rings is 13. The van der Waals surface area contributed by atoms with Gasteiger partial charge in [-0.1, -0.05) is 212 Å². The van der Waals surface area contributed by atoms with Crippen LogP contribution in [-0.2, 0) is 5.41 Å². The lowest BCUT2D eigenvalue weighted by molar-refractivity contribution is 0.794. The van der Waals surface area contributed by atoms with Crippen molar-refractivity contribution in [2.24, 2.45) is 0 Å². The third-order valence-electron chi connectivity index (χ3n) is 17.0. The maximum Gasteiger partial charge on any atom is 0.0725 e. The second kappa shape index (κ2) is 16.5. The molecular weight excluding hydrogens is 985 g/mol. The number of hydrogen-bond donors (Lipinski definition) is 0. The second-order valence-electron chi connectivity index (χ2n) is 20.9. The van der Waals surface area contributed by atoms with Crippen molar-refractivity contribution in [2.45, 2.75) is 5.41 Å². The summed E-state index contributed by atoms with van der Waals surface area (Å²) in [5.41, 5.74) is 15.4. The number of thiophene rings is 1. The zero-order valence-electron chi connectivity index (χ0n) is 54.4. The second-order valence-corrected chi connectivity index (χ2v) is 22.0. The van der Waals surface area contributed by atoms with Crippen LogP contribution in [0.3, 0.4) is 0 Å². The van der Waals surface area contributed by atoms with Gasteiger partial charge in [0.25, 0.3) is 0 Å². The van der Waals surface area contributed by atoms with Crippen LogP contribution in [0.2, 0.25) is 0 Å². The molecule has 3 aromatic heterocycles. The molecule has 2 nitrogen and oxygen atoms in total. The first-order valence-corrected chi connectivity index (χ1v) is 27.6. The van der Waals surface area contributed by atoms with Crippen LogP contribution in [0, 0.1) is 0 Å². The summed E-state index contributed by atoms with van der Waals surface area (Å²) in [7, 11) is 0. The molecule has 0 N–H and O–H groups in total. The van der Waals surface area contributed by atoms with Crippen molar-refractivity contribution in [2.75, 3.05) is 4.90 Å². The molecule has 2 aliphatic rings. The Kier molecular flexibility index (Phi) is 7.00. The standard InChI is InChI=1S/C77H46N2S/c1-2-15-48(16-3-1)65-45-53(37-40-55(65)51-34-42-74-66(43-51)61-22-7-11-30-73(61)80-74)78(54-38-41-60-63-24-14-25-64-62-23-12-17-49-18-13-29-71(75(49)62)79(76(63)64)72(60)46-54)52-35-31-47(32-36-52)50-33-39-59-58-21-6-10-28-69(58)77(70(59)44-50)67-26-8-4-19-56(67)57-20-5-9-27-68(57)77/h1-46H/i12D,13D,14D,17D,18D,23D,24D,25D,29D,38D,41D,46D. The zero-order chi connectivity index (χ0) is 62.7. The van der Waals surface area contributed by atoms with Crippen molar-refractivity contribution in [3.8, 4) is 55.6 Å². The van der Waals surface area contributed by atoms with Gasteiger partial charge >= 0.3 is 0 Å². The van der Waals surface area contributed by atoms with Gasteiger partial charge in [-0.25, -0.2) is 0 Å². The van der Waals surface area contributed by atoms with Gasteiger partial charge in [-0.2, -0.15) is 0 Å². The quantitative estimate of drug-likeness (QED) is 0.119. The van der Waals surface area contributed by atoms with E-state index in [1.807, 2.05) is 66.7 Å². The molecule has 1 spiro atoms. The van der Waals surface area contributed by atoms with Gasteiger partial charge < -0.3 is 9.30 Å². The van der Waals surface area contributed by atoms with Gasteiger partial charge in [-0.15, -0.1) is 11.3 Å². The average Bonchev–Trinajstić information content (AvgIpc) is 1.43. The summed E-state index contributed by atoms with van der Waals surface area (Å²) >= 11 is 1.74. The highest BCUT2D eigenvalue weighted by Gasteiger charge is 2.51. The number of nitrogens with zero attached hydrogens (tertiary/aromatic N) is 2. The maximum absolute atomic E-state index is 10.8. The largest absolute Gasteiger partial charge is 0.310 e. The molecule has 0 amide bonds. The van der Waals surface area contributed by atoms with E-state index >= 15 is 0 Å². The SMILES string of the molecule is [2H]c1c([2H])c2c([2H])c([2H])c([2H])c3c2c(c1[2H])c1c([2H])c([2H])c([2H])c2c4c([2H])c([2H])c(N(c5ccc(-c6ccc7c(c6)C6(c8ccccc8-c8ccccc86)c6ccccc6-7)cc5)c5ccc(-c6ccc7sc8ccccc8c7c6)c(-c6ccccc6)c5)c([2H])c4n3c12. The molecule has 370 valence electrons. The van der Waals surface area contributed by atoms with Crippen LogP contribution >= 0.6 is 11.3 Å². The van der Waals surface area contributed by atoms with Gasteiger partial charge in [-0.05, 0) is 155 Å². The molecule has 0 radical (unpaired) electrons. The third kappa shape index (κ3) is 5.96. The number of para-hydroxylation sites is 1. The fraction of sp³-hybridized carbons (Fsp3) is 0.0130. The average molecular weight is 1040 g/mol. The zero-order valence-corrected chi connectivity index (χ0v) is 43.2. The highest BCUT2D eigenvalue weighted by molar-refractivity contribution is 7.25. The van der Waals surface area contributed by atoms with Crippen molar-refractivity contribution in [1.29, 1.82) is 0 Å². The Labute approximate surface area is 483 Å². The first kappa shape index (κ1) is 34.0. The van der Waals surface area contributed by atoms with Gasteiger partial charge in [0, 0.05) is 58.8 Å². The lowest BCUT2D eigenvalue weighted by atomic mass is 9.70. The van der Waals surface area contributed by atoms with E-state index in [-0.39, 0.29) is 60.6 Å². The fourth-order valence-electron chi connectivity index (χ4n) is 13.6. The lowest BCUT2D eigenvalue weighted by Crippen LogP contribution is -2.25. The predicted molar refractivity (Wildman–Crippen MR) is 339 cm³/mol. The summed E-state index contributed by atoms with van der Waals surface area (Å²) in [6.07, 6.45) is 0. The van der Waals surface area contributed by atoms with E-state index in [1.54, 1.807) is 16.2 Å². The van der Waals surface area contributed by atoms with E-state index in [2.05, 4.69) is 140 Å². The van der Waals surface area contributed by atoms with Crippen molar-refractivity contribution in [1.82, 2.24) is 4.40 Å². The van der Waals surface area contributed by atoms with Crippen molar-refractivity contribution >= 4 is 97.4 Å². The fourth-order valence-corrected chi connectivity index (χ4v) is 14.7. The van der Waals surface area contributed by atoms with Crippen LogP contribution < -0.4 is 4.90 Å². The van der Waals surface area contributed by atoms with E-state index in [0.29, 0.717) is 11.4 Å². The maximum atomic E-state index is 10.8. The van der Waals surface area contributed by atoms with Gasteiger partial charge in [0.05, 0.1) is 38.4 Å². The highest BCUT2D eigenvalue weighted by Crippen LogP contribution is 2.63. The molecule has 0 unspecified atom stereocenters. The summed E-state index contributed by atoms with van der Waals surface area (Å²) < 4.78 is 119. The molecule has 18 rings (SSSR count). The van der Waals surface area contributed by atoms with Gasteiger partial charge in [0.15, 0.2) is 0 Å². The number of rotatable bonds is 6. The highest BCUT2D eigenvalue weighted by atomic mass is 32.1. The first-order valence-electron chi connectivity index (χ1n) is 32.8. The third-order valence-corrected chi connectivity index (χ3v) is 18.1. The van der Waals surface area contributed by atoms with E-state index in [9.17, 15) is 12.3 Å². The molecule has 0 atom stereocenters. The Hall–Kier alpha value is -10.1. The van der Waals surface area contributed by atoms with E-state index in [4.69, 9.17) is 4.11 Å². The minimum atomic E-state index is -0.589. The van der Waals surface area contributed by atoms with Gasteiger partial charge in [0.2, 0.25) is 0 Å². The molecule has 13 aromatic carbocycles. The smallest absolute Gasteiger partial charge is 0.0725 e. The Bertz CT molecular complexity index is 5920. The molecule has 0 bridgehead atoms. The number of anilines is 3. The number of pyridine rings is 1. The molecular formula is C77H46N2S. The number of hydrogen-bond acceptors (Lipinski definition) is 2. The Morgan fingerprint density at radius 3 is 1.73 bits per heavy atom. The Balaban J connectivity index is 0.909. The first-order chi connectivity index (χ1) is 44.7. The molecule has 3 heterocycles. The molecule has 3 heteroatoms.